The molecule has 1 aromatic heterocycles. The molecule has 1 amide bonds. The number of benzene rings is 2. The van der Waals surface area contributed by atoms with Gasteiger partial charge in [0.2, 0.25) is 0 Å². The topological polar surface area (TPSA) is 74.8 Å². The van der Waals surface area contributed by atoms with Gasteiger partial charge in [0.25, 0.3) is 11.5 Å². The molecule has 1 fully saturated rings. The number of fused-ring (bicyclic) bond motifs is 1. The second kappa shape index (κ2) is 7.53. The first-order valence-corrected chi connectivity index (χ1v) is 9.55. The Morgan fingerprint density at radius 2 is 1.85 bits per heavy atom. The van der Waals surface area contributed by atoms with E-state index in [-0.39, 0.29) is 23.2 Å². The zero-order chi connectivity index (χ0) is 18.8. The van der Waals surface area contributed by atoms with Gasteiger partial charge in [-0.1, -0.05) is 54.8 Å². The predicted octanol–water partition coefficient (Wildman–Crippen LogP) is 4.24. The van der Waals surface area contributed by atoms with Gasteiger partial charge in [-0.3, -0.25) is 9.59 Å². The summed E-state index contributed by atoms with van der Waals surface area (Å²) >= 11 is 6.18. The van der Waals surface area contributed by atoms with E-state index in [0.29, 0.717) is 21.7 Å². The average molecular weight is 382 g/mol. The van der Waals surface area contributed by atoms with Crippen molar-refractivity contribution < 1.29 is 4.79 Å². The molecule has 4 rings (SSSR count). The number of hydrogen-bond donors (Lipinski definition) is 2. The molecular formula is C21H20ClN3O2. The normalized spacial score (nSPS) is 15.7. The van der Waals surface area contributed by atoms with Gasteiger partial charge in [-0.25, -0.2) is 5.10 Å². The monoisotopic (exact) mass is 381 g/mol. The molecule has 3 aromatic rings. The van der Waals surface area contributed by atoms with Crippen LogP contribution in [0.2, 0.25) is 5.02 Å². The highest BCUT2D eigenvalue weighted by atomic mass is 35.5. The van der Waals surface area contributed by atoms with Gasteiger partial charge in [0.1, 0.15) is 0 Å². The van der Waals surface area contributed by atoms with Crippen LogP contribution in [0.1, 0.15) is 47.8 Å². The number of carbonyl (C=O) groups is 1. The minimum atomic E-state index is -0.302. The van der Waals surface area contributed by atoms with Crippen LogP contribution in [0.3, 0.4) is 0 Å². The maximum atomic E-state index is 13.1. The molecule has 1 saturated carbocycles. The molecule has 1 atom stereocenters. The van der Waals surface area contributed by atoms with E-state index in [2.05, 4.69) is 15.5 Å². The van der Waals surface area contributed by atoms with Crippen molar-refractivity contribution in [2.45, 2.75) is 31.7 Å². The lowest BCUT2D eigenvalue weighted by Crippen LogP contribution is -2.34. The summed E-state index contributed by atoms with van der Waals surface area (Å²) in [6.45, 7) is 0. The lowest BCUT2D eigenvalue weighted by Gasteiger charge is -2.25. The number of H-pyrrole nitrogens is 1. The van der Waals surface area contributed by atoms with Gasteiger partial charge in [0, 0.05) is 10.4 Å². The molecule has 0 spiro atoms. The first kappa shape index (κ1) is 17.7. The van der Waals surface area contributed by atoms with Crippen LogP contribution in [-0.4, -0.2) is 16.1 Å². The maximum absolute atomic E-state index is 13.1. The third kappa shape index (κ3) is 3.60. The minimum absolute atomic E-state index is 0.133. The van der Waals surface area contributed by atoms with Crippen LogP contribution in [0.25, 0.3) is 10.8 Å². The van der Waals surface area contributed by atoms with Crippen molar-refractivity contribution in [1.29, 1.82) is 0 Å². The Bertz CT molecular complexity index is 1040. The number of nitrogens with one attached hydrogen (secondary N) is 2. The Balaban J connectivity index is 1.70. The van der Waals surface area contributed by atoms with Gasteiger partial charge in [-0.15, -0.1) is 0 Å². The van der Waals surface area contributed by atoms with Crippen molar-refractivity contribution >= 4 is 28.3 Å². The van der Waals surface area contributed by atoms with Crippen molar-refractivity contribution in [2.24, 2.45) is 5.92 Å². The molecule has 5 nitrogen and oxygen atoms in total. The van der Waals surface area contributed by atoms with Crippen molar-refractivity contribution in [2.75, 3.05) is 0 Å². The Kier molecular flexibility index (Phi) is 4.94. The van der Waals surface area contributed by atoms with Gasteiger partial charge in [0.05, 0.1) is 11.4 Å². The van der Waals surface area contributed by atoms with Crippen LogP contribution >= 0.6 is 11.6 Å². The highest BCUT2D eigenvalue weighted by molar-refractivity contribution is 6.30. The highest BCUT2D eigenvalue weighted by Gasteiger charge is 2.29. The molecular weight excluding hydrogens is 362 g/mol. The number of carbonyl (C=O) groups excluding carboxylic acids is 1. The molecule has 27 heavy (non-hydrogen) atoms. The van der Waals surface area contributed by atoms with Crippen molar-refractivity contribution in [3.63, 3.8) is 0 Å². The third-order valence-corrected chi connectivity index (χ3v) is 5.51. The summed E-state index contributed by atoms with van der Waals surface area (Å²) in [7, 11) is 0. The fraction of sp³-hybridized carbons (Fsp3) is 0.286. The van der Waals surface area contributed by atoms with Crippen LogP contribution < -0.4 is 10.9 Å². The summed E-state index contributed by atoms with van der Waals surface area (Å²) in [6, 6.07) is 14.5. The summed E-state index contributed by atoms with van der Waals surface area (Å²) < 4.78 is 0. The van der Waals surface area contributed by atoms with Crippen LogP contribution in [-0.2, 0) is 0 Å². The SMILES string of the molecule is O=C(N[C@H](c1cccc(Cl)c1)C1CCCC1)c1n[nH]c(=O)c2ccccc12. The number of hydrogen-bond acceptors (Lipinski definition) is 3. The predicted molar refractivity (Wildman–Crippen MR) is 106 cm³/mol. The first-order chi connectivity index (χ1) is 13.1. The molecule has 138 valence electrons. The number of aromatic amines is 1. The fourth-order valence-corrected chi connectivity index (χ4v) is 4.16. The molecule has 6 heteroatoms. The molecule has 2 aromatic carbocycles. The molecule has 0 unspecified atom stereocenters. The highest BCUT2D eigenvalue weighted by Crippen LogP contribution is 2.36. The lowest BCUT2D eigenvalue weighted by atomic mass is 9.91. The molecule has 1 aliphatic carbocycles. The smallest absolute Gasteiger partial charge is 0.272 e. The van der Waals surface area contributed by atoms with Crippen LogP contribution in [0, 0.1) is 5.92 Å². The van der Waals surface area contributed by atoms with E-state index in [1.54, 1.807) is 24.3 Å². The second-order valence-corrected chi connectivity index (χ2v) is 7.43. The summed E-state index contributed by atoms with van der Waals surface area (Å²) in [5, 5.41) is 11.3. The molecule has 0 bridgehead atoms. The average Bonchev–Trinajstić information content (AvgIpc) is 3.21. The van der Waals surface area contributed by atoms with E-state index in [1.165, 1.54) is 0 Å². The number of rotatable bonds is 4. The summed E-state index contributed by atoms with van der Waals surface area (Å²) in [5.74, 6) is 0.0702. The van der Waals surface area contributed by atoms with Crippen molar-refractivity contribution in [3.8, 4) is 0 Å². The van der Waals surface area contributed by atoms with E-state index in [9.17, 15) is 9.59 Å². The van der Waals surface area contributed by atoms with E-state index in [0.717, 1.165) is 31.2 Å². The Hall–Kier alpha value is -2.66. The zero-order valence-electron chi connectivity index (χ0n) is 14.7. The Labute approximate surface area is 161 Å². The fourth-order valence-electron chi connectivity index (χ4n) is 3.96. The first-order valence-electron chi connectivity index (χ1n) is 9.17. The minimum Gasteiger partial charge on any atom is -0.344 e. The van der Waals surface area contributed by atoms with Crippen LogP contribution in [0.15, 0.2) is 53.3 Å². The van der Waals surface area contributed by atoms with E-state index in [1.807, 2.05) is 24.3 Å². The number of aromatic nitrogens is 2. The molecule has 0 aliphatic heterocycles. The van der Waals surface area contributed by atoms with Gasteiger partial charge in [0.15, 0.2) is 5.69 Å². The zero-order valence-corrected chi connectivity index (χ0v) is 15.5. The molecule has 0 radical (unpaired) electrons. The van der Waals surface area contributed by atoms with E-state index in [4.69, 9.17) is 11.6 Å². The largest absolute Gasteiger partial charge is 0.344 e. The number of nitrogens with zero attached hydrogens (tertiary/aromatic N) is 1. The summed E-state index contributed by atoms with van der Waals surface area (Å²) in [4.78, 5) is 25.0. The summed E-state index contributed by atoms with van der Waals surface area (Å²) in [6.07, 6.45) is 4.46. The van der Waals surface area contributed by atoms with Gasteiger partial charge >= 0.3 is 0 Å². The molecule has 1 aliphatic rings. The van der Waals surface area contributed by atoms with Crippen LogP contribution in [0.4, 0.5) is 0 Å². The maximum Gasteiger partial charge on any atom is 0.272 e. The number of amides is 1. The standard InChI is InChI=1S/C21H20ClN3O2/c22-15-9-5-8-14(12-15)18(13-6-1-2-7-13)23-21(27)19-16-10-3-4-11-17(16)20(26)25-24-19/h3-5,8-13,18H,1-2,6-7H2,(H,23,27)(H,25,26)/t18-/m0/s1. The lowest BCUT2D eigenvalue weighted by molar-refractivity contribution is 0.0917. The van der Waals surface area contributed by atoms with Gasteiger partial charge in [-0.2, -0.15) is 5.10 Å². The Morgan fingerprint density at radius 3 is 2.59 bits per heavy atom. The molecule has 1 heterocycles. The third-order valence-electron chi connectivity index (χ3n) is 5.28. The van der Waals surface area contributed by atoms with Crippen molar-refractivity contribution in [3.05, 3.63) is 75.2 Å². The van der Waals surface area contributed by atoms with Crippen LogP contribution in [0.5, 0.6) is 0 Å². The molecule has 0 saturated heterocycles. The van der Waals surface area contributed by atoms with Gasteiger partial charge in [-0.05, 0) is 42.5 Å². The number of halogens is 1. The van der Waals surface area contributed by atoms with E-state index >= 15 is 0 Å². The Morgan fingerprint density at radius 1 is 1.11 bits per heavy atom. The molecule has 2 N–H and O–H groups in total. The second-order valence-electron chi connectivity index (χ2n) is 7.00. The summed E-state index contributed by atoms with van der Waals surface area (Å²) in [5.41, 5.74) is 0.927. The quantitative estimate of drug-likeness (QED) is 0.709. The van der Waals surface area contributed by atoms with E-state index < -0.39 is 0 Å². The van der Waals surface area contributed by atoms with Gasteiger partial charge < -0.3 is 5.32 Å². The van der Waals surface area contributed by atoms with Crippen molar-refractivity contribution in [1.82, 2.24) is 15.5 Å².